The average Bonchev–Trinajstić information content (AvgIpc) is 2.96. The lowest BCUT2D eigenvalue weighted by Crippen LogP contribution is -2.43. The van der Waals surface area contributed by atoms with Crippen molar-refractivity contribution in [2.24, 2.45) is 0 Å². The second kappa shape index (κ2) is 7.57. The number of benzene rings is 2. The Kier molecular flexibility index (Phi) is 5.55. The summed E-state index contributed by atoms with van der Waals surface area (Å²) < 4.78 is 68.5. The summed E-state index contributed by atoms with van der Waals surface area (Å²) in [5.41, 5.74) is 0.794. The van der Waals surface area contributed by atoms with Crippen LogP contribution >= 0.6 is 0 Å². The first-order chi connectivity index (χ1) is 12.7. The van der Waals surface area contributed by atoms with Gasteiger partial charge in [-0.25, -0.2) is 21.2 Å². The first kappa shape index (κ1) is 19.8. The minimum atomic E-state index is -3.94. The van der Waals surface area contributed by atoms with E-state index in [4.69, 9.17) is 4.74 Å². The van der Waals surface area contributed by atoms with Gasteiger partial charge in [0.05, 0.1) is 28.8 Å². The van der Waals surface area contributed by atoms with E-state index in [2.05, 4.69) is 5.32 Å². The molecule has 0 aliphatic carbocycles. The Hall–Kier alpha value is -1.97. The number of nitrogens with one attached hydrogen (secondary N) is 1. The number of hydrogen-bond donors (Lipinski definition) is 1. The maximum atomic E-state index is 13.1. The molecule has 146 valence electrons. The van der Waals surface area contributed by atoms with Crippen molar-refractivity contribution >= 4 is 19.7 Å². The van der Waals surface area contributed by atoms with Crippen LogP contribution in [-0.4, -0.2) is 46.7 Å². The number of ether oxygens (including phenoxy) is 1. The second-order valence-corrected chi connectivity index (χ2v) is 10.7. The van der Waals surface area contributed by atoms with Gasteiger partial charge in [0, 0.05) is 18.2 Å². The van der Waals surface area contributed by atoms with Crippen molar-refractivity contribution in [2.45, 2.75) is 22.7 Å². The Labute approximate surface area is 158 Å². The summed E-state index contributed by atoms with van der Waals surface area (Å²) in [5, 5.41) is 1.92. The minimum absolute atomic E-state index is 0.0879. The summed E-state index contributed by atoms with van der Waals surface area (Å²) in [4.78, 5) is -0.0879. The van der Waals surface area contributed by atoms with Crippen LogP contribution in [0.2, 0.25) is 0 Å². The molecule has 9 heteroatoms. The Morgan fingerprint density at radius 1 is 1.11 bits per heavy atom. The lowest BCUT2D eigenvalue weighted by Gasteiger charge is -2.20. The van der Waals surface area contributed by atoms with Crippen LogP contribution in [-0.2, 0) is 26.2 Å². The average molecular weight is 413 g/mol. The lowest BCUT2D eigenvalue weighted by atomic mass is 10.1. The van der Waals surface area contributed by atoms with Crippen molar-refractivity contribution in [2.75, 3.05) is 18.6 Å². The third-order valence-corrected chi connectivity index (χ3v) is 8.75. The Balaban J connectivity index is 1.86. The van der Waals surface area contributed by atoms with Crippen LogP contribution in [0.3, 0.4) is 0 Å². The maximum Gasteiger partial charge on any atom is 0.183 e. The largest absolute Gasteiger partial charge is 0.496 e. The molecule has 0 aromatic heterocycles. The SMILES string of the molecule is COc1ccccc1CN[C@@H]1CS(=O)(=O)C[C@H]1S(=O)(=O)c1ccc(F)cc1. The zero-order valence-electron chi connectivity index (χ0n) is 14.6. The number of sulfone groups is 2. The van der Waals surface area contributed by atoms with Crippen LogP contribution in [0.15, 0.2) is 53.4 Å². The van der Waals surface area contributed by atoms with Crippen LogP contribution in [0.5, 0.6) is 5.75 Å². The number of hydrogen-bond acceptors (Lipinski definition) is 6. The van der Waals surface area contributed by atoms with Gasteiger partial charge in [-0.15, -0.1) is 0 Å². The quantitative estimate of drug-likeness (QED) is 0.723. The molecule has 1 saturated heterocycles. The predicted octanol–water partition coefficient (Wildman–Crippen LogP) is 1.56. The van der Waals surface area contributed by atoms with Gasteiger partial charge in [0.15, 0.2) is 19.7 Å². The standard InChI is InChI=1S/C18H20FNO5S2/c1-25-17-5-3-2-4-13(17)10-20-16-11-26(21,22)12-18(16)27(23,24)15-8-6-14(19)7-9-15/h2-9,16,18,20H,10-12H2,1H3/t16-,18-/m1/s1. The van der Waals surface area contributed by atoms with Crippen LogP contribution in [0.25, 0.3) is 0 Å². The highest BCUT2D eigenvalue weighted by Gasteiger charge is 2.45. The molecule has 3 rings (SSSR count). The van der Waals surface area contributed by atoms with Gasteiger partial charge in [-0.1, -0.05) is 18.2 Å². The molecule has 1 heterocycles. The summed E-state index contributed by atoms with van der Waals surface area (Å²) in [6.07, 6.45) is 0. The molecule has 0 unspecified atom stereocenters. The highest BCUT2D eigenvalue weighted by Crippen LogP contribution is 2.27. The molecule has 2 atom stereocenters. The highest BCUT2D eigenvalue weighted by molar-refractivity contribution is 7.96. The fourth-order valence-corrected chi connectivity index (χ4v) is 7.92. The van der Waals surface area contributed by atoms with E-state index in [0.717, 1.165) is 29.8 Å². The van der Waals surface area contributed by atoms with Crippen LogP contribution in [0.1, 0.15) is 5.56 Å². The molecule has 0 amide bonds. The van der Waals surface area contributed by atoms with E-state index < -0.39 is 42.5 Å². The van der Waals surface area contributed by atoms with E-state index in [1.54, 1.807) is 6.07 Å². The van der Waals surface area contributed by atoms with Gasteiger partial charge < -0.3 is 10.1 Å². The van der Waals surface area contributed by atoms with Gasteiger partial charge in [-0.3, -0.25) is 0 Å². The van der Waals surface area contributed by atoms with Crippen LogP contribution in [0.4, 0.5) is 4.39 Å². The molecule has 0 bridgehead atoms. The Morgan fingerprint density at radius 3 is 2.44 bits per heavy atom. The van der Waals surface area contributed by atoms with Crippen molar-refractivity contribution in [1.82, 2.24) is 5.32 Å². The number of methoxy groups -OCH3 is 1. The predicted molar refractivity (Wildman–Crippen MR) is 99.6 cm³/mol. The van der Waals surface area contributed by atoms with E-state index in [1.807, 2.05) is 18.2 Å². The Bertz CT molecular complexity index is 1020. The summed E-state index contributed by atoms with van der Waals surface area (Å²) in [7, 11) is -5.92. The molecule has 1 N–H and O–H groups in total. The van der Waals surface area contributed by atoms with Gasteiger partial charge in [0.2, 0.25) is 0 Å². The molecule has 0 radical (unpaired) electrons. The zero-order valence-corrected chi connectivity index (χ0v) is 16.3. The van der Waals surface area contributed by atoms with Crippen molar-refractivity contribution in [3.05, 3.63) is 59.9 Å². The van der Waals surface area contributed by atoms with E-state index >= 15 is 0 Å². The molecule has 1 aliphatic rings. The Morgan fingerprint density at radius 2 is 1.78 bits per heavy atom. The molecule has 1 aliphatic heterocycles. The summed E-state index contributed by atoms with van der Waals surface area (Å²) in [5.74, 6) is -0.661. The molecular formula is C18H20FNO5S2. The second-order valence-electron chi connectivity index (χ2n) is 6.41. The normalized spacial score (nSPS) is 21.9. The smallest absolute Gasteiger partial charge is 0.183 e. The van der Waals surface area contributed by atoms with Gasteiger partial charge in [-0.2, -0.15) is 0 Å². The van der Waals surface area contributed by atoms with Crippen molar-refractivity contribution in [1.29, 1.82) is 0 Å². The van der Waals surface area contributed by atoms with Gasteiger partial charge in [-0.05, 0) is 30.3 Å². The van der Waals surface area contributed by atoms with Crippen molar-refractivity contribution in [3.8, 4) is 5.75 Å². The van der Waals surface area contributed by atoms with Gasteiger partial charge in [0.25, 0.3) is 0 Å². The van der Waals surface area contributed by atoms with E-state index in [0.29, 0.717) is 5.75 Å². The van der Waals surface area contributed by atoms with Crippen molar-refractivity contribution < 1.29 is 26.0 Å². The first-order valence-electron chi connectivity index (χ1n) is 8.28. The first-order valence-corrected chi connectivity index (χ1v) is 11.6. The summed E-state index contributed by atoms with van der Waals surface area (Å²) in [6, 6.07) is 10.9. The van der Waals surface area contributed by atoms with E-state index in [9.17, 15) is 21.2 Å². The molecule has 27 heavy (non-hydrogen) atoms. The summed E-state index contributed by atoms with van der Waals surface area (Å²) >= 11 is 0. The molecule has 0 saturated carbocycles. The maximum absolute atomic E-state index is 13.1. The van der Waals surface area contributed by atoms with Gasteiger partial charge >= 0.3 is 0 Å². The zero-order chi connectivity index (χ0) is 19.7. The molecule has 2 aromatic carbocycles. The molecular weight excluding hydrogens is 393 g/mol. The van der Waals surface area contributed by atoms with E-state index in [1.165, 1.54) is 7.11 Å². The fourth-order valence-electron chi connectivity index (χ4n) is 3.20. The number of para-hydroxylation sites is 1. The molecule has 6 nitrogen and oxygen atoms in total. The molecule has 1 fully saturated rings. The highest BCUT2D eigenvalue weighted by atomic mass is 32.2. The lowest BCUT2D eigenvalue weighted by molar-refractivity contribution is 0.406. The minimum Gasteiger partial charge on any atom is -0.496 e. The molecule has 0 spiro atoms. The van der Waals surface area contributed by atoms with Gasteiger partial charge in [0.1, 0.15) is 11.6 Å². The fraction of sp³-hybridized carbons (Fsp3) is 0.333. The molecule has 2 aromatic rings. The van der Waals surface area contributed by atoms with Crippen LogP contribution < -0.4 is 10.1 Å². The number of rotatable bonds is 6. The topological polar surface area (TPSA) is 89.5 Å². The third-order valence-electron chi connectivity index (χ3n) is 4.59. The summed E-state index contributed by atoms with van der Waals surface area (Å²) in [6.45, 7) is 0.264. The monoisotopic (exact) mass is 413 g/mol. The van der Waals surface area contributed by atoms with Crippen LogP contribution in [0, 0.1) is 5.82 Å². The van der Waals surface area contributed by atoms with E-state index in [-0.39, 0.29) is 17.2 Å². The van der Waals surface area contributed by atoms with Crippen molar-refractivity contribution in [3.63, 3.8) is 0 Å². The third kappa shape index (κ3) is 4.31. The number of halogens is 1.